The monoisotopic (exact) mass is 507 g/mol. The molecule has 5 atom stereocenters. The molecule has 4 aliphatic rings. The molecule has 3 fully saturated rings. The molecule has 3 heterocycles. The van der Waals surface area contributed by atoms with Gasteiger partial charge in [-0.1, -0.05) is 71.2 Å². The van der Waals surface area contributed by atoms with Crippen LogP contribution in [0.3, 0.4) is 0 Å². The van der Waals surface area contributed by atoms with Crippen LogP contribution in [0.2, 0.25) is 0 Å². The maximum absolute atomic E-state index is 13.9. The number of benzene rings is 1. The molecule has 200 valence electrons. The Hall–Kier alpha value is -2.67. The van der Waals surface area contributed by atoms with Crippen LogP contribution in [0.5, 0.6) is 0 Å². The number of nitrogens with zero attached hydrogens (tertiary/aromatic N) is 1. The highest BCUT2D eigenvalue weighted by atomic mass is 16.5. The number of rotatable bonds is 8. The summed E-state index contributed by atoms with van der Waals surface area (Å²) in [7, 11) is 0. The van der Waals surface area contributed by atoms with E-state index in [1.54, 1.807) is 4.90 Å². The Morgan fingerprint density at radius 1 is 1.05 bits per heavy atom. The highest BCUT2D eigenvalue weighted by molar-refractivity contribution is 6.02. The van der Waals surface area contributed by atoms with Crippen molar-refractivity contribution >= 4 is 23.4 Å². The lowest BCUT2D eigenvalue weighted by atomic mass is 9.74. The van der Waals surface area contributed by atoms with Crippen LogP contribution in [0, 0.1) is 17.8 Å². The largest absolute Gasteiger partial charge is 0.359 e. The molecule has 3 amide bonds. The van der Waals surface area contributed by atoms with Gasteiger partial charge in [-0.05, 0) is 48.8 Å². The zero-order chi connectivity index (χ0) is 26.3. The smallest absolute Gasteiger partial charge is 0.246 e. The van der Waals surface area contributed by atoms with Crippen molar-refractivity contribution in [1.82, 2.24) is 10.2 Å². The number of fused-ring (bicyclic) bond motifs is 1. The normalized spacial score (nSPS) is 30.9. The summed E-state index contributed by atoms with van der Waals surface area (Å²) in [6.45, 7) is 8.95. The molecular formula is C30H41N3O4. The van der Waals surface area contributed by atoms with Crippen molar-refractivity contribution in [2.45, 2.75) is 95.9 Å². The third kappa shape index (κ3) is 4.71. The summed E-state index contributed by atoms with van der Waals surface area (Å²) in [6, 6.07) is 7.21. The van der Waals surface area contributed by atoms with Gasteiger partial charge in [0.1, 0.15) is 11.6 Å². The molecule has 1 aromatic carbocycles. The molecule has 1 aromatic rings. The van der Waals surface area contributed by atoms with Crippen LogP contribution < -0.4 is 10.6 Å². The van der Waals surface area contributed by atoms with Crippen LogP contribution in [0.4, 0.5) is 5.69 Å². The first-order valence-electron chi connectivity index (χ1n) is 14.1. The highest BCUT2D eigenvalue weighted by Gasteiger charge is 2.72. The maximum atomic E-state index is 13.9. The first kappa shape index (κ1) is 26.0. The number of ether oxygens (including phenoxy) is 1. The van der Waals surface area contributed by atoms with Crippen molar-refractivity contribution in [3.05, 3.63) is 42.0 Å². The van der Waals surface area contributed by atoms with E-state index in [-0.39, 0.29) is 23.8 Å². The minimum atomic E-state index is -1.10. The number of amides is 3. The molecule has 1 saturated carbocycles. The van der Waals surface area contributed by atoms with Crippen molar-refractivity contribution in [3.8, 4) is 0 Å². The number of hydrogen-bond donors (Lipinski definition) is 2. The van der Waals surface area contributed by atoms with Gasteiger partial charge in [-0.15, -0.1) is 0 Å². The summed E-state index contributed by atoms with van der Waals surface area (Å²) in [4.78, 5) is 43.0. The van der Waals surface area contributed by atoms with Gasteiger partial charge >= 0.3 is 0 Å². The van der Waals surface area contributed by atoms with Crippen LogP contribution >= 0.6 is 0 Å². The second-order valence-electron chi connectivity index (χ2n) is 12.0. The first-order valence-corrected chi connectivity index (χ1v) is 14.1. The molecule has 7 heteroatoms. The van der Waals surface area contributed by atoms with Gasteiger partial charge in [0.05, 0.1) is 17.9 Å². The third-order valence-electron chi connectivity index (χ3n) is 8.67. The highest BCUT2D eigenvalue weighted by Crippen LogP contribution is 2.55. The van der Waals surface area contributed by atoms with E-state index >= 15 is 0 Å². The zero-order valence-electron chi connectivity index (χ0n) is 22.5. The van der Waals surface area contributed by atoms with Gasteiger partial charge in [0.25, 0.3) is 0 Å². The standard InChI is InChI=1S/C30H41N3O4/c1-18(2)15-17-33-26(28(35)32-21-8-6-5-7-9-21)30-16-14-23(37-30)24(25(30)29(33)36)27(34)31-22-12-10-20(11-13-22)19(3)4/h10-14,16,18-19,21,23-26H,5-9,15,17H2,1-4H3,(H,31,34)(H,32,35). The molecule has 1 spiro atoms. The fourth-order valence-electron chi connectivity index (χ4n) is 6.61. The predicted molar refractivity (Wildman–Crippen MR) is 143 cm³/mol. The average molecular weight is 508 g/mol. The van der Waals surface area contributed by atoms with E-state index in [0.717, 1.165) is 32.1 Å². The van der Waals surface area contributed by atoms with Gasteiger partial charge in [0.15, 0.2) is 0 Å². The van der Waals surface area contributed by atoms with Crippen molar-refractivity contribution in [2.75, 3.05) is 11.9 Å². The SMILES string of the molecule is CC(C)CCN1C(=O)C2C(C(=O)Nc3ccc(C(C)C)cc3)C3C=CC2(O3)C1C(=O)NC1CCCCC1. The lowest BCUT2D eigenvalue weighted by Gasteiger charge is -2.34. The zero-order valence-corrected chi connectivity index (χ0v) is 22.5. The molecule has 2 bridgehead atoms. The van der Waals surface area contributed by atoms with Gasteiger partial charge < -0.3 is 20.3 Å². The van der Waals surface area contributed by atoms with Gasteiger partial charge in [0.2, 0.25) is 17.7 Å². The van der Waals surface area contributed by atoms with Crippen LogP contribution in [0.25, 0.3) is 0 Å². The molecule has 5 unspecified atom stereocenters. The fourth-order valence-corrected chi connectivity index (χ4v) is 6.61. The molecule has 0 aromatic heterocycles. The minimum absolute atomic E-state index is 0.134. The summed E-state index contributed by atoms with van der Waals surface area (Å²) in [6.07, 6.45) is 9.39. The van der Waals surface area contributed by atoms with E-state index in [4.69, 9.17) is 4.74 Å². The molecule has 5 rings (SSSR count). The fraction of sp³-hybridized carbons (Fsp3) is 0.633. The summed E-state index contributed by atoms with van der Waals surface area (Å²) in [5, 5.41) is 6.26. The molecule has 7 nitrogen and oxygen atoms in total. The number of carbonyl (C=O) groups is 3. The molecule has 1 aliphatic carbocycles. The van der Waals surface area contributed by atoms with E-state index in [1.165, 1.54) is 12.0 Å². The third-order valence-corrected chi connectivity index (χ3v) is 8.67. The molecule has 3 aliphatic heterocycles. The first-order chi connectivity index (χ1) is 17.7. The van der Waals surface area contributed by atoms with E-state index in [9.17, 15) is 14.4 Å². The number of nitrogens with one attached hydrogen (secondary N) is 2. The molecule has 37 heavy (non-hydrogen) atoms. The summed E-state index contributed by atoms with van der Waals surface area (Å²) >= 11 is 0. The number of likely N-dealkylation sites (tertiary alicyclic amines) is 1. The summed E-state index contributed by atoms with van der Waals surface area (Å²) < 4.78 is 6.44. The Kier molecular flexibility index (Phi) is 7.18. The average Bonchev–Trinajstić information content (AvgIpc) is 3.51. The second-order valence-corrected chi connectivity index (χ2v) is 12.0. The predicted octanol–water partition coefficient (Wildman–Crippen LogP) is 4.39. The van der Waals surface area contributed by atoms with Crippen molar-refractivity contribution < 1.29 is 19.1 Å². The Bertz CT molecular complexity index is 1060. The molecule has 0 radical (unpaired) electrons. The van der Waals surface area contributed by atoms with Crippen molar-refractivity contribution in [3.63, 3.8) is 0 Å². The van der Waals surface area contributed by atoms with Gasteiger partial charge in [0, 0.05) is 18.3 Å². The van der Waals surface area contributed by atoms with Gasteiger partial charge in [-0.25, -0.2) is 0 Å². The van der Waals surface area contributed by atoms with Gasteiger partial charge in [-0.2, -0.15) is 0 Å². The minimum Gasteiger partial charge on any atom is -0.359 e. The molecule has 2 saturated heterocycles. The lowest BCUT2D eigenvalue weighted by molar-refractivity contribution is -0.141. The van der Waals surface area contributed by atoms with Crippen LogP contribution in [0.15, 0.2) is 36.4 Å². The van der Waals surface area contributed by atoms with E-state index in [0.29, 0.717) is 24.1 Å². The van der Waals surface area contributed by atoms with E-state index in [1.807, 2.05) is 36.4 Å². The molecule has 2 N–H and O–H groups in total. The number of anilines is 1. The van der Waals surface area contributed by atoms with Crippen LogP contribution in [0.1, 0.15) is 77.7 Å². The number of hydrogen-bond acceptors (Lipinski definition) is 4. The van der Waals surface area contributed by atoms with Crippen molar-refractivity contribution in [2.24, 2.45) is 17.8 Å². The maximum Gasteiger partial charge on any atom is 0.246 e. The van der Waals surface area contributed by atoms with Crippen LogP contribution in [-0.4, -0.2) is 53.0 Å². The molecular weight excluding hydrogens is 466 g/mol. The Morgan fingerprint density at radius 3 is 2.41 bits per heavy atom. The van der Waals surface area contributed by atoms with E-state index < -0.39 is 29.6 Å². The van der Waals surface area contributed by atoms with Gasteiger partial charge in [-0.3, -0.25) is 14.4 Å². The Morgan fingerprint density at radius 2 is 1.76 bits per heavy atom. The topological polar surface area (TPSA) is 87.7 Å². The lowest BCUT2D eigenvalue weighted by Crippen LogP contribution is -2.56. The number of carbonyl (C=O) groups excluding carboxylic acids is 3. The Labute approximate surface area is 220 Å². The summed E-state index contributed by atoms with van der Waals surface area (Å²) in [5.74, 6) is -1.12. The summed E-state index contributed by atoms with van der Waals surface area (Å²) in [5.41, 5.74) is 0.798. The van der Waals surface area contributed by atoms with E-state index in [2.05, 4.69) is 38.3 Å². The Balaban J connectivity index is 1.40. The second kappa shape index (κ2) is 10.2. The van der Waals surface area contributed by atoms with Crippen molar-refractivity contribution in [1.29, 1.82) is 0 Å². The van der Waals surface area contributed by atoms with Crippen LogP contribution in [-0.2, 0) is 19.1 Å². The quantitative estimate of drug-likeness (QED) is 0.511.